The Kier molecular flexibility index (Phi) is 8.34. The highest BCUT2D eigenvalue weighted by atomic mass is 16.5. The Balaban J connectivity index is 2.13. The summed E-state index contributed by atoms with van der Waals surface area (Å²) in [5.74, 6) is -0.143. The lowest BCUT2D eigenvalue weighted by atomic mass is 9.93. The first kappa shape index (κ1) is 25.3. The van der Waals surface area contributed by atoms with Crippen molar-refractivity contribution in [1.29, 1.82) is 0 Å². The van der Waals surface area contributed by atoms with E-state index in [-0.39, 0.29) is 23.9 Å². The van der Waals surface area contributed by atoms with Crippen molar-refractivity contribution in [2.75, 3.05) is 26.9 Å². The summed E-state index contributed by atoms with van der Waals surface area (Å²) in [5.41, 5.74) is 2.09. The number of rotatable bonds is 10. The van der Waals surface area contributed by atoms with Gasteiger partial charge >= 0.3 is 0 Å². The van der Waals surface area contributed by atoms with Crippen molar-refractivity contribution in [2.24, 2.45) is 0 Å². The van der Waals surface area contributed by atoms with E-state index in [1.54, 1.807) is 43.5 Å². The van der Waals surface area contributed by atoms with Crippen LogP contribution in [0.4, 0.5) is 0 Å². The number of carbonyl (C=O) groups is 2. The number of ketones is 1. The van der Waals surface area contributed by atoms with E-state index in [9.17, 15) is 14.7 Å². The first-order valence-electron chi connectivity index (χ1n) is 11.6. The van der Waals surface area contributed by atoms with E-state index in [1.165, 1.54) is 4.90 Å². The fraction of sp³-hybridized carbons (Fsp3) is 0.407. The molecule has 0 aromatic heterocycles. The van der Waals surface area contributed by atoms with Crippen LogP contribution >= 0.6 is 0 Å². The predicted molar refractivity (Wildman–Crippen MR) is 130 cm³/mol. The minimum atomic E-state index is -0.731. The number of ether oxygens (including phenoxy) is 2. The summed E-state index contributed by atoms with van der Waals surface area (Å²) in [4.78, 5) is 27.6. The molecule has 1 heterocycles. The molecular formula is C27H33NO6. The van der Waals surface area contributed by atoms with Gasteiger partial charge in [0.15, 0.2) is 0 Å². The number of aliphatic hydroxyl groups is 2. The maximum atomic E-state index is 13.1. The molecule has 0 saturated carbocycles. The van der Waals surface area contributed by atoms with E-state index < -0.39 is 17.7 Å². The SMILES string of the molecule is CCCN1C(=O)C(=O)/C(=C(/O)c2ccc(OC)c(C(C)C)c2)C1c1cccc(OCCCO)c1. The van der Waals surface area contributed by atoms with Gasteiger partial charge < -0.3 is 24.6 Å². The molecule has 1 unspecified atom stereocenters. The number of amides is 1. The van der Waals surface area contributed by atoms with Crippen molar-refractivity contribution >= 4 is 17.4 Å². The van der Waals surface area contributed by atoms with E-state index in [0.29, 0.717) is 48.6 Å². The first-order valence-corrected chi connectivity index (χ1v) is 11.6. The Morgan fingerprint density at radius 3 is 2.56 bits per heavy atom. The number of nitrogens with zero attached hydrogens (tertiary/aromatic N) is 1. The highest BCUT2D eigenvalue weighted by Gasteiger charge is 2.45. The molecule has 1 atom stereocenters. The largest absolute Gasteiger partial charge is 0.507 e. The maximum Gasteiger partial charge on any atom is 0.295 e. The van der Waals surface area contributed by atoms with E-state index in [1.807, 2.05) is 26.8 Å². The van der Waals surface area contributed by atoms with Crippen LogP contribution in [0, 0.1) is 0 Å². The Bertz CT molecular complexity index is 1070. The van der Waals surface area contributed by atoms with Gasteiger partial charge in [0, 0.05) is 25.1 Å². The topological polar surface area (TPSA) is 96.3 Å². The van der Waals surface area contributed by atoms with Crippen LogP contribution in [0.25, 0.3) is 5.76 Å². The standard InChI is InChI=1S/C27H33NO6/c1-5-12-28-24(18-8-6-9-20(15-18)34-14-7-13-29)23(26(31)27(28)32)25(30)19-10-11-22(33-4)21(16-19)17(2)3/h6,8-11,15-17,24,29-30H,5,7,12-14H2,1-4H3/b25-23+. The molecule has 7 nitrogen and oxygen atoms in total. The van der Waals surface area contributed by atoms with Gasteiger partial charge in [-0.15, -0.1) is 0 Å². The molecule has 1 amide bonds. The van der Waals surface area contributed by atoms with Crippen molar-refractivity contribution in [3.8, 4) is 11.5 Å². The number of aliphatic hydroxyl groups excluding tert-OH is 2. The quantitative estimate of drug-likeness (QED) is 0.233. The van der Waals surface area contributed by atoms with Crippen LogP contribution in [-0.2, 0) is 9.59 Å². The zero-order chi connectivity index (χ0) is 24.8. The van der Waals surface area contributed by atoms with Crippen LogP contribution in [0.1, 0.15) is 62.3 Å². The lowest BCUT2D eigenvalue weighted by Gasteiger charge is -2.25. The molecule has 1 aliphatic rings. The Hall–Kier alpha value is -3.32. The summed E-state index contributed by atoms with van der Waals surface area (Å²) < 4.78 is 11.1. The third-order valence-corrected chi connectivity index (χ3v) is 5.87. The molecule has 2 aromatic carbocycles. The molecule has 2 aromatic rings. The van der Waals surface area contributed by atoms with Crippen LogP contribution in [0.2, 0.25) is 0 Å². The summed E-state index contributed by atoms with van der Waals surface area (Å²) in [6.45, 7) is 6.72. The summed E-state index contributed by atoms with van der Waals surface area (Å²) >= 11 is 0. The van der Waals surface area contributed by atoms with Crippen molar-refractivity contribution in [3.05, 3.63) is 64.7 Å². The van der Waals surface area contributed by atoms with Crippen LogP contribution in [-0.4, -0.2) is 53.7 Å². The number of hydrogen-bond acceptors (Lipinski definition) is 6. The minimum Gasteiger partial charge on any atom is -0.507 e. The third-order valence-electron chi connectivity index (χ3n) is 5.87. The molecule has 1 aliphatic heterocycles. The van der Waals surface area contributed by atoms with E-state index >= 15 is 0 Å². The molecule has 0 aliphatic carbocycles. The van der Waals surface area contributed by atoms with Gasteiger partial charge in [-0.2, -0.15) is 0 Å². The van der Waals surface area contributed by atoms with Crippen molar-refractivity contribution in [1.82, 2.24) is 4.90 Å². The van der Waals surface area contributed by atoms with Crippen LogP contribution in [0.3, 0.4) is 0 Å². The number of methoxy groups -OCH3 is 1. The van der Waals surface area contributed by atoms with Gasteiger partial charge in [0.05, 0.1) is 25.3 Å². The number of carbonyl (C=O) groups excluding carboxylic acids is 2. The third kappa shape index (κ3) is 5.09. The maximum absolute atomic E-state index is 13.1. The lowest BCUT2D eigenvalue weighted by Crippen LogP contribution is -2.30. The summed E-state index contributed by atoms with van der Waals surface area (Å²) in [7, 11) is 1.59. The monoisotopic (exact) mass is 467 g/mol. The van der Waals surface area contributed by atoms with Gasteiger partial charge in [-0.25, -0.2) is 0 Å². The van der Waals surface area contributed by atoms with Gasteiger partial charge in [-0.3, -0.25) is 9.59 Å². The summed E-state index contributed by atoms with van der Waals surface area (Å²) in [6.07, 6.45) is 1.16. The molecule has 0 spiro atoms. The highest BCUT2D eigenvalue weighted by molar-refractivity contribution is 6.46. The average Bonchev–Trinajstić information content (AvgIpc) is 3.08. The van der Waals surface area contributed by atoms with Crippen molar-refractivity contribution in [2.45, 2.75) is 45.6 Å². The van der Waals surface area contributed by atoms with Crippen molar-refractivity contribution in [3.63, 3.8) is 0 Å². The molecule has 2 N–H and O–H groups in total. The first-order chi connectivity index (χ1) is 16.3. The van der Waals surface area contributed by atoms with Gasteiger partial charge in [0.1, 0.15) is 17.3 Å². The molecular weight excluding hydrogens is 434 g/mol. The normalized spacial score (nSPS) is 17.5. The molecule has 0 bridgehead atoms. The highest BCUT2D eigenvalue weighted by Crippen LogP contribution is 2.41. The molecule has 0 radical (unpaired) electrons. The summed E-state index contributed by atoms with van der Waals surface area (Å²) in [6, 6.07) is 11.7. The Morgan fingerprint density at radius 2 is 1.91 bits per heavy atom. The number of Topliss-reactive ketones (excluding diaryl/α,β-unsaturated/α-hetero) is 1. The van der Waals surface area contributed by atoms with Gasteiger partial charge in [-0.05, 0) is 53.8 Å². The van der Waals surface area contributed by atoms with E-state index in [4.69, 9.17) is 14.6 Å². The molecule has 7 heteroatoms. The zero-order valence-electron chi connectivity index (χ0n) is 20.2. The lowest BCUT2D eigenvalue weighted by molar-refractivity contribution is -0.139. The molecule has 1 saturated heterocycles. The predicted octanol–water partition coefficient (Wildman–Crippen LogP) is 4.41. The van der Waals surface area contributed by atoms with Gasteiger partial charge in [0.2, 0.25) is 0 Å². The average molecular weight is 468 g/mol. The Labute approximate surface area is 200 Å². The zero-order valence-corrected chi connectivity index (χ0v) is 20.2. The second-order valence-corrected chi connectivity index (χ2v) is 8.60. The molecule has 1 fully saturated rings. The molecule has 182 valence electrons. The second-order valence-electron chi connectivity index (χ2n) is 8.60. The van der Waals surface area contributed by atoms with Gasteiger partial charge in [-0.1, -0.05) is 32.9 Å². The number of benzene rings is 2. The fourth-order valence-electron chi connectivity index (χ4n) is 4.22. The van der Waals surface area contributed by atoms with E-state index in [2.05, 4.69) is 0 Å². The van der Waals surface area contributed by atoms with Crippen LogP contribution < -0.4 is 9.47 Å². The van der Waals surface area contributed by atoms with E-state index in [0.717, 1.165) is 5.56 Å². The van der Waals surface area contributed by atoms with Crippen LogP contribution in [0.15, 0.2) is 48.0 Å². The number of hydrogen-bond donors (Lipinski definition) is 2. The summed E-state index contributed by atoms with van der Waals surface area (Å²) in [5, 5.41) is 20.3. The molecule has 3 rings (SSSR count). The van der Waals surface area contributed by atoms with Gasteiger partial charge in [0.25, 0.3) is 11.7 Å². The van der Waals surface area contributed by atoms with Crippen LogP contribution in [0.5, 0.6) is 11.5 Å². The molecule has 34 heavy (non-hydrogen) atoms. The Morgan fingerprint density at radius 1 is 1.15 bits per heavy atom. The smallest absolute Gasteiger partial charge is 0.295 e. The minimum absolute atomic E-state index is 0.0244. The number of likely N-dealkylation sites (tertiary alicyclic amines) is 1. The second kappa shape index (κ2) is 11.2. The fourth-order valence-corrected chi connectivity index (χ4v) is 4.22. The van der Waals surface area contributed by atoms with Crippen molar-refractivity contribution < 1.29 is 29.3 Å².